The molecule has 0 bridgehead atoms. The molecule has 0 aliphatic rings. The number of hydrogen-bond donors (Lipinski definition) is 2. The third-order valence-electron chi connectivity index (χ3n) is 6.56. The first-order chi connectivity index (χ1) is 21.4. The number of rotatable bonds is 4. The number of aromatic nitrogens is 2. The smallest absolute Gasteiger partial charge is 0.488 e. The molecule has 0 amide bonds. The molecule has 0 aliphatic heterocycles. The van der Waals surface area contributed by atoms with Crippen LogP contribution in [-0.4, -0.2) is 41.4 Å². The van der Waals surface area contributed by atoms with E-state index < -0.39 is 7.12 Å². The summed E-state index contributed by atoms with van der Waals surface area (Å²) < 4.78 is 11.1. The van der Waals surface area contributed by atoms with Crippen molar-refractivity contribution in [1.82, 2.24) is 9.97 Å². The molecule has 0 radical (unpaired) electrons. The van der Waals surface area contributed by atoms with Crippen molar-refractivity contribution in [3.05, 3.63) is 125 Å². The second-order valence-corrected chi connectivity index (χ2v) is 10.1. The Balaban J connectivity index is 0.000000195. The fourth-order valence-electron chi connectivity index (χ4n) is 4.24. The highest BCUT2D eigenvalue weighted by molar-refractivity contribution is 9.10. The van der Waals surface area contributed by atoms with Crippen molar-refractivity contribution in [3.63, 3.8) is 0 Å². The van der Waals surface area contributed by atoms with Crippen molar-refractivity contribution < 1.29 is 19.5 Å². The summed E-state index contributed by atoms with van der Waals surface area (Å²) in [6.45, 7) is 0. The van der Waals surface area contributed by atoms with Crippen LogP contribution >= 0.6 is 15.9 Å². The second-order valence-electron chi connectivity index (χ2n) is 9.27. The summed E-state index contributed by atoms with van der Waals surface area (Å²) in [5.74, 6) is 1.63. The Morgan fingerprint density at radius 1 is 0.667 bits per heavy atom. The van der Waals surface area contributed by atoms with Gasteiger partial charge in [-0.2, -0.15) is 10.5 Å². The predicted octanol–water partition coefficient (Wildman–Crippen LogP) is 6.66. The SMILES string of the molecule is C.COc1ccc2cc(-c3ccncc3C#N)ccc2c1.COc1ccc2cc(B(O)O)ccc2c1.N#Cc1cnccc1Br. The Bertz CT molecular complexity index is 1990. The lowest BCUT2D eigenvalue weighted by atomic mass is 9.79. The molecular weight excluding hydrogens is 631 g/mol. The van der Waals surface area contributed by atoms with Gasteiger partial charge in [0.15, 0.2) is 0 Å². The molecule has 8 nitrogen and oxygen atoms in total. The maximum absolute atomic E-state index is 9.15. The number of benzene rings is 4. The highest BCUT2D eigenvalue weighted by Gasteiger charge is 2.11. The maximum Gasteiger partial charge on any atom is 0.488 e. The summed E-state index contributed by atoms with van der Waals surface area (Å²) >= 11 is 3.19. The van der Waals surface area contributed by atoms with E-state index in [1.54, 1.807) is 51.0 Å². The van der Waals surface area contributed by atoms with Gasteiger partial charge in [0.25, 0.3) is 0 Å². The molecule has 224 valence electrons. The molecule has 2 aromatic heterocycles. The molecule has 6 aromatic rings. The first kappa shape index (κ1) is 34.2. The van der Waals surface area contributed by atoms with Gasteiger partial charge in [-0.3, -0.25) is 9.97 Å². The largest absolute Gasteiger partial charge is 0.497 e. The van der Waals surface area contributed by atoms with E-state index in [0.29, 0.717) is 16.6 Å². The maximum atomic E-state index is 9.15. The average molecular weight is 661 g/mol. The fraction of sp³-hybridized carbons (Fsp3) is 0.0857. The van der Waals surface area contributed by atoms with E-state index in [1.807, 2.05) is 66.7 Å². The third-order valence-corrected chi connectivity index (χ3v) is 7.25. The quantitative estimate of drug-likeness (QED) is 0.201. The van der Waals surface area contributed by atoms with Crippen molar-refractivity contribution in [1.29, 1.82) is 10.5 Å². The van der Waals surface area contributed by atoms with Crippen molar-refractivity contribution >= 4 is 50.1 Å². The van der Waals surface area contributed by atoms with Gasteiger partial charge in [0.05, 0.1) is 25.3 Å². The minimum Gasteiger partial charge on any atom is -0.497 e. The first-order valence-corrected chi connectivity index (χ1v) is 14.0. The molecule has 0 unspecified atom stereocenters. The van der Waals surface area contributed by atoms with E-state index >= 15 is 0 Å². The molecule has 0 saturated carbocycles. The van der Waals surface area contributed by atoms with Crippen molar-refractivity contribution in [3.8, 4) is 34.8 Å². The second kappa shape index (κ2) is 16.6. The molecule has 0 atom stereocenters. The van der Waals surface area contributed by atoms with Crippen LogP contribution in [-0.2, 0) is 0 Å². The molecule has 4 aromatic carbocycles. The molecule has 2 N–H and O–H groups in total. The third kappa shape index (κ3) is 8.88. The summed E-state index contributed by atoms with van der Waals surface area (Å²) in [5.41, 5.74) is 3.56. The van der Waals surface area contributed by atoms with Crippen molar-refractivity contribution in [2.24, 2.45) is 0 Å². The predicted molar refractivity (Wildman–Crippen MR) is 182 cm³/mol. The van der Waals surface area contributed by atoms with Crippen LogP contribution in [0.4, 0.5) is 0 Å². The monoisotopic (exact) mass is 660 g/mol. The van der Waals surface area contributed by atoms with Gasteiger partial charge in [-0.15, -0.1) is 0 Å². The van der Waals surface area contributed by atoms with Gasteiger partial charge in [-0.1, -0.05) is 49.9 Å². The molecule has 10 heteroatoms. The van der Waals surface area contributed by atoms with Crippen LogP contribution in [0, 0.1) is 22.7 Å². The number of hydrogen-bond acceptors (Lipinski definition) is 8. The van der Waals surface area contributed by atoms with Gasteiger partial charge < -0.3 is 19.5 Å². The highest BCUT2D eigenvalue weighted by atomic mass is 79.9. The number of halogens is 1. The zero-order valence-electron chi connectivity index (χ0n) is 23.8. The van der Waals surface area contributed by atoms with Crippen LogP contribution in [0.5, 0.6) is 11.5 Å². The first-order valence-electron chi connectivity index (χ1n) is 13.2. The van der Waals surface area contributed by atoms with E-state index in [-0.39, 0.29) is 7.43 Å². The van der Waals surface area contributed by atoms with E-state index in [2.05, 4.69) is 38.0 Å². The number of nitrogens with zero attached hydrogens (tertiary/aromatic N) is 4. The van der Waals surface area contributed by atoms with E-state index in [0.717, 1.165) is 48.6 Å². The van der Waals surface area contributed by atoms with Gasteiger partial charge in [-0.25, -0.2) is 0 Å². The van der Waals surface area contributed by atoms with Crippen molar-refractivity contribution in [2.75, 3.05) is 14.2 Å². The molecule has 0 spiro atoms. The summed E-state index contributed by atoms with van der Waals surface area (Å²) in [4.78, 5) is 7.75. The minimum absolute atomic E-state index is 0. The van der Waals surface area contributed by atoms with Gasteiger partial charge in [-0.05, 0) is 91.0 Å². The molecule has 0 aliphatic carbocycles. The standard InChI is InChI=1S/C17H12N2O.C11H11BO3.C6H3BrN2.CH4/c1-20-16-5-4-12-8-14(3-2-13(12)9-16)17-6-7-19-11-15(17)10-18;1-15-11-5-3-8-6-10(12(13)14)4-2-9(8)7-11;7-6-1-2-9-4-5(6)3-8;/h2-9,11H,1H3;2-7,13-14H,1H3;1-2,4H;1H4. The lowest BCUT2D eigenvalue weighted by molar-refractivity contribution is 0.415. The Morgan fingerprint density at radius 2 is 1.18 bits per heavy atom. The normalized spacial score (nSPS) is 9.67. The summed E-state index contributed by atoms with van der Waals surface area (Å²) in [6.07, 6.45) is 6.44. The molecule has 45 heavy (non-hydrogen) atoms. The van der Waals surface area contributed by atoms with E-state index in [4.69, 9.17) is 30.0 Å². The molecule has 0 saturated heterocycles. The summed E-state index contributed by atoms with van der Waals surface area (Å²) in [7, 11) is 1.86. The molecule has 2 heterocycles. The summed E-state index contributed by atoms with van der Waals surface area (Å²) in [5, 5.41) is 39.8. The van der Waals surface area contributed by atoms with E-state index in [9.17, 15) is 0 Å². The Labute approximate surface area is 271 Å². The van der Waals surface area contributed by atoms with Crippen LogP contribution < -0.4 is 14.9 Å². The lowest BCUT2D eigenvalue weighted by Gasteiger charge is -2.07. The van der Waals surface area contributed by atoms with Gasteiger partial charge in [0.1, 0.15) is 23.6 Å². The number of nitriles is 2. The van der Waals surface area contributed by atoms with Crippen LogP contribution in [0.25, 0.3) is 32.7 Å². The van der Waals surface area contributed by atoms with Gasteiger partial charge >= 0.3 is 7.12 Å². The summed E-state index contributed by atoms with van der Waals surface area (Å²) in [6, 6.07) is 30.7. The number of fused-ring (bicyclic) bond motifs is 2. The Hall–Kier alpha value is -5.26. The van der Waals surface area contributed by atoms with Crippen LogP contribution in [0.3, 0.4) is 0 Å². The average Bonchev–Trinajstić information content (AvgIpc) is 3.08. The van der Waals surface area contributed by atoms with Crippen LogP contribution in [0.15, 0.2) is 114 Å². The fourth-order valence-corrected chi connectivity index (χ4v) is 4.55. The highest BCUT2D eigenvalue weighted by Crippen LogP contribution is 2.28. The van der Waals surface area contributed by atoms with Crippen molar-refractivity contribution in [2.45, 2.75) is 7.43 Å². The van der Waals surface area contributed by atoms with Gasteiger partial charge in [0, 0.05) is 34.8 Å². The number of methoxy groups -OCH3 is 2. The Morgan fingerprint density at radius 3 is 1.71 bits per heavy atom. The lowest BCUT2D eigenvalue weighted by Crippen LogP contribution is -2.29. The molecule has 0 fully saturated rings. The number of ether oxygens (including phenoxy) is 2. The van der Waals surface area contributed by atoms with E-state index in [1.165, 1.54) is 6.20 Å². The Kier molecular flexibility index (Phi) is 12.6. The zero-order chi connectivity index (χ0) is 31.5. The van der Waals surface area contributed by atoms with Crippen LogP contribution in [0.2, 0.25) is 0 Å². The zero-order valence-corrected chi connectivity index (χ0v) is 25.4. The topological polar surface area (TPSA) is 132 Å². The van der Waals surface area contributed by atoms with Gasteiger partial charge in [0.2, 0.25) is 0 Å². The number of pyridine rings is 2. The van der Waals surface area contributed by atoms with Crippen LogP contribution in [0.1, 0.15) is 18.6 Å². The molecular formula is C35H30BBrN4O4. The minimum atomic E-state index is -1.42. The molecule has 6 rings (SSSR count).